The molecule has 8 heavy (non-hydrogen) atoms. The third-order valence-corrected chi connectivity index (χ3v) is 3.10. The maximum atomic E-state index is 5.83. The van der Waals surface area contributed by atoms with E-state index in [9.17, 15) is 0 Å². The second-order valence-electron chi connectivity index (χ2n) is 2.90. The Morgan fingerprint density at radius 3 is 1.88 bits per heavy atom. The molecule has 0 saturated carbocycles. The molecule has 0 aromatic rings. The highest BCUT2D eigenvalue weighted by Crippen LogP contribution is 2.34. The van der Waals surface area contributed by atoms with Gasteiger partial charge in [0.05, 0.1) is 0 Å². The van der Waals surface area contributed by atoms with Crippen molar-refractivity contribution in [1.82, 2.24) is 0 Å². The Hall–Kier alpha value is 0.785. The Morgan fingerprint density at radius 2 is 1.88 bits per heavy atom. The van der Waals surface area contributed by atoms with Crippen LogP contribution in [0.5, 0.6) is 0 Å². The lowest BCUT2D eigenvalue weighted by Crippen LogP contribution is -2.15. The smallest absolute Gasteiger partial charge is 0.106 e. The summed E-state index contributed by atoms with van der Waals surface area (Å²) >= 11 is 5.83. The fourth-order valence-electron chi connectivity index (χ4n) is 0.250. The van der Waals surface area contributed by atoms with Crippen LogP contribution in [0.2, 0.25) is 0 Å². The van der Waals surface area contributed by atoms with E-state index in [0.29, 0.717) is 8.46 Å². The molecule has 0 amide bonds. The van der Waals surface area contributed by atoms with Crippen LogP contribution in [0.25, 0.3) is 0 Å². The van der Waals surface area contributed by atoms with Gasteiger partial charge >= 0.3 is 0 Å². The summed E-state index contributed by atoms with van der Waals surface area (Å²) in [6.45, 7) is 6.26. The third kappa shape index (κ3) is 2.94. The van der Waals surface area contributed by atoms with Gasteiger partial charge in [-0.3, -0.25) is 0 Å². The number of rotatable bonds is 1. The van der Waals surface area contributed by atoms with E-state index >= 15 is 0 Å². The lowest BCUT2D eigenvalue weighted by atomic mass is 10.0. The summed E-state index contributed by atoms with van der Waals surface area (Å²) in [5.74, 6) is 0. The Labute approximate surface area is 59.5 Å². The molecule has 0 nitrogen and oxygen atoms in total. The maximum absolute atomic E-state index is 5.83. The first kappa shape index (κ1) is 8.78. The summed E-state index contributed by atoms with van der Waals surface area (Å²) in [7, 11) is 5.70. The molecule has 0 aromatic carbocycles. The average Bonchev–Trinajstić information content (AvgIpc) is 1.62. The van der Waals surface area contributed by atoms with Crippen molar-refractivity contribution in [2.24, 2.45) is 5.41 Å². The highest BCUT2D eigenvalue weighted by atomic mass is 35.5. The molecule has 46 valence electrons. The first-order valence-electron chi connectivity index (χ1n) is 2.58. The minimum atomic E-state index is 0.127. The van der Waals surface area contributed by atoms with Crippen LogP contribution in [0.15, 0.2) is 0 Å². The molecule has 0 rings (SSSR count). The van der Waals surface area contributed by atoms with Crippen LogP contribution >= 0.6 is 20.1 Å². The lowest BCUT2D eigenvalue weighted by molar-refractivity contribution is 0.454. The monoisotopic (exact) mass is 148 g/mol. The average molecular weight is 148 g/mol. The second-order valence-corrected chi connectivity index (χ2v) is 4.61. The minimum absolute atomic E-state index is 0.127. The zero-order valence-electron chi connectivity index (χ0n) is 5.53. The molecular formula is C5H11BClP. The molecule has 0 saturated heterocycles. The molecule has 0 aromatic heterocycles. The Kier molecular flexibility index (Phi) is 3.38. The summed E-state index contributed by atoms with van der Waals surface area (Å²) in [6, 6.07) is 0. The number of hydrogen-bond acceptors (Lipinski definition) is 0. The molecule has 0 N–H and O–H groups in total. The summed E-state index contributed by atoms with van der Waals surface area (Å²) in [5.41, 5.74) is 0.161. The first-order valence-corrected chi connectivity index (χ1v) is 4.18. The molecule has 0 spiro atoms. The van der Waals surface area contributed by atoms with E-state index < -0.39 is 0 Å². The van der Waals surface area contributed by atoms with Gasteiger partial charge in [0.2, 0.25) is 0 Å². The Morgan fingerprint density at radius 1 is 1.50 bits per heavy atom. The quantitative estimate of drug-likeness (QED) is 0.304. The molecule has 0 aliphatic heterocycles. The SMILES string of the molecule is [B]P[C@@H](Cl)C(C)(C)C. The van der Waals surface area contributed by atoms with Crippen molar-refractivity contribution < 1.29 is 0 Å². The van der Waals surface area contributed by atoms with Crippen molar-refractivity contribution in [2.75, 3.05) is 0 Å². The van der Waals surface area contributed by atoms with Crippen molar-refractivity contribution in [3.05, 3.63) is 0 Å². The van der Waals surface area contributed by atoms with Gasteiger partial charge in [-0.25, -0.2) is 0 Å². The molecule has 0 heterocycles. The van der Waals surface area contributed by atoms with Crippen LogP contribution < -0.4 is 0 Å². The highest BCUT2D eigenvalue weighted by molar-refractivity contribution is 7.68. The van der Waals surface area contributed by atoms with Crippen molar-refractivity contribution in [3.63, 3.8) is 0 Å². The predicted molar refractivity (Wildman–Crippen MR) is 43.2 cm³/mol. The molecule has 0 aliphatic rings. The van der Waals surface area contributed by atoms with Crippen LogP contribution in [0, 0.1) is 5.41 Å². The normalized spacial score (nSPS) is 17.5. The summed E-state index contributed by atoms with van der Waals surface area (Å²) in [5, 5.41) is 0.127. The topological polar surface area (TPSA) is 0 Å². The molecule has 0 aliphatic carbocycles. The van der Waals surface area contributed by atoms with E-state index in [1.807, 2.05) is 0 Å². The van der Waals surface area contributed by atoms with Gasteiger partial charge in [-0.05, 0) is 5.41 Å². The fraction of sp³-hybridized carbons (Fsp3) is 1.00. The van der Waals surface area contributed by atoms with Crippen LogP contribution in [0.4, 0.5) is 0 Å². The number of alkyl halides is 1. The molecule has 0 fully saturated rings. The largest absolute Gasteiger partial charge is 0.153 e. The van der Waals surface area contributed by atoms with Gasteiger partial charge in [-0.1, -0.05) is 20.8 Å². The summed E-state index contributed by atoms with van der Waals surface area (Å²) in [6.07, 6.45) is 0. The third-order valence-electron chi connectivity index (χ3n) is 0.907. The molecule has 0 bridgehead atoms. The molecule has 1 unspecified atom stereocenters. The van der Waals surface area contributed by atoms with Gasteiger partial charge in [0.25, 0.3) is 0 Å². The molecule has 2 radical (unpaired) electrons. The number of hydrogen-bond donors (Lipinski definition) is 0. The number of halogens is 1. The zero-order valence-corrected chi connectivity index (χ0v) is 7.29. The van der Waals surface area contributed by atoms with E-state index in [4.69, 9.17) is 19.2 Å². The minimum Gasteiger partial charge on any atom is -0.153 e. The predicted octanol–water partition coefficient (Wildman–Crippen LogP) is 2.36. The summed E-state index contributed by atoms with van der Waals surface area (Å²) < 4.78 is 0. The van der Waals surface area contributed by atoms with Gasteiger partial charge < -0.3 is 0 Å². The Bertz CT molecular complexity index is 69.3. The molecule has 2 atom stereocenters. The van der Waals surface area contributed by atoms with Gasteiger partial charge in [0, 0.05) is 5.12 Å². The van der Waals surface area contributed by atoms with Crippen molar-refractivity contribution in [2.45, 2.75) is 25.9 Å². The van der Waals surface area contributed by atoms with E-state index in [0.717, 1.165) is 0 Å². The van der Waals surface area contributed by atoms with E-state index in [1.54, 1.807) is 0 Å². The van der Waals surface area contributed by atoms with E-state index in [-0.39, 0.29) is 10.5 Å². The van der Waals surface area contributed by atoms with E-state index in [2.05, 4.69) is 20.8 Å². The van der Waals surface area contributed by atoms with Gasteiger partial charge in [-0.15, -0.1) is 11.6 Å². The van der Waals surface area contributed by atoms with Crippen molar-refractivity contribution in [1.29, 1.82) is 0 Å². The van der Waals surface area contributed by atoms with Crippen LogP contribution in [-0.4, -0.2) is 12.7 Å². The van der Waals surface area contributed by atoms with Gasteiger partial charge in [0.15, 0.2) is 0 Å². The highest BCUT2D eigenvalue weighted by Gasteiger charge is 2.19. The Balaban J connectivity index is 3.62. The maximum Gasteiger partial charge on any atom is 0.106 e. The first-order chi connectivity index (χ1) is 3.48. The second kappa shape index (κ2) is 3.08. The van der Waals surface area contributed by atoms with Crippen molar-refractivity contribution in [3.8, 4) is 0 Å². The zero-order chi connectivity index (χ0) is 6.78. The van der Waals surface area contributed by atoms with E-state index in [1.165, 1.54) is 0 Å². The standard InChI is InChI=1S/C5H11BClP/c1-5(2,3)4(7)8-6/h4,8H,1-3H3/t4-/m1/s1. The van der Waals surface area contributed by atoms with Crippen LogP contribution in [0.1, 0.15) is 20.8 Å². The van der Waals surface area contributed by atoms with Gasteiger partial charge in [0.1, 0.15) is 7.57 Å². The molecule has 3 heteroatoms. The van der Waals surface area contributed by atoms with Gasteiger partial charge in [-0.2, -0.15) is 8.46 Å². The lowest BCUT2D eigenvalue weighted by Gasteiger charge is -2.23. The fourth-order valence-corrected chi connectivity index (χ4v) is 0.750. The molecular weight excluding hydrogens is 137 g/mol. The van der Waals surface area contributed by atoms with Crippen molar-refractivity contribution >= 4 is 27.6 Å². The van der Waals surface area contributed by atoms with Crippen LogP contribution in [0.3, 0.4) is 0 Å². The summed E-state index contributed by atoms with van der Waals surface area (Å²) in [4.78, 5) is 0. The van der Waals surface area contributed by atoms with Crippen LogP contribution in [-0.2, 0) is 0 Å².